The van der Waals surface area contributed by atoms with Gasteiger partial charge in [-0.3, -0.25) is 0 Å². The fraction of sp³-hybridized carbons (Fsp3) is 0. The van der Waals surface area contributed by atoms with Crippen molar-refractivity contribution in [3.8, 4) is 0 Å². The molecule has 43 heavy (non-hydrogen) atoms. The van der Waals surface area contributed by atoms with E-state index in [0.29, 0.717) is 0 Å². The Morgan fingerprint density at radius 2 is 0.884 bits per heavy atom. The summed E-state index contributed by atoms with van der Waals surface area (Å²) < 4.78 is 11.4. The van der Waals surface area contributed by atoms with E-state index in [0.717, 1.165) is 21.9 Å². The average molecular weight is 545 g/mol. The van der Waals surface area contributed by atoms with Crippen molar-refractivity contribution >= 4 is 109 Å². The Bertz CT molecular complexity index is 3170. The molecule has 12 aromatic rings. The van der Waals surface area contributed by atoms with Crippen LogP contribution in [0.3, 0.4) is 0 Å². The quantitative estimate of drug-likeness (QED) is 0.186. The van der Waals surface area contributed by atoms with Crippen LogP contribution >= 0.6 is 0 Å². The number of fused-ring (bicyclic) bond motifs is 17. The molecule has 5 aromatic heterocycles. The van der Waals surface area contributed by atoms with Crippen molar-refractivity contribution in [1.29, 1.82) is 0 Å². The molecule has 12 rings (SSSR count). The Balaban J connectivity index is 1.35. The third kappa shape index (κ3) is 2.25. The van der Waals surface area contributed by atoms with Gasteiger partial charge in [-0.05, 0) is 35.7 Å². The van der Waals surface area contributed by atoms with Crippen molar-refractivity contribution in [3.63, 3.8) is 0 Å². The lowest BCUT2D eigenvalue weighted by Gasteiger charge is -2.04. The molecule has 0 saturated carbocycles. The summed E-state index contributed by atoms with van der Waals surface area (Å²) in [6, 6.07) is 44.7. The number of furan rings is 1. The molecule has 3 heteroatoms. The van der Waals surface area contributed by atoms with Gasteiger partial charge in [-0.1, -0.05) is 91.0 Å². The Labute approximate surface area is 243 Å². The molecule has 5 heterocycles. The van der Waals surface area contributed by atoms with Crippen molar-refractivity contribution in [2.24, 2.45) is 0 Å². The van der Waals surface area contributed by atoms with E-state index in [-0.39, 0.29) is 0 Å². The second-order valence-corrected chi connectivity index (χ2v) is 12.1. The highest BCUT2D eigenvalue weighted by molar-refractivity contribution is 6.31. The van der Waals surface area contributed by atoms with E-state index in [2.05, 4.69) is 124 Å². The fourth-order valence-corrected chi connectivity index (χ4v) is 8.41. The van der Waals surface area contributed by atoms with Crippen LogP contribution in [0.25, 0.3) is 109 Å². The van der Waals surface area contributed by atoms with Gasteiger partial charge in [0.2, 0.25) is 0 Å². The van der Waals surface area contributed by atoms with Crippen LogP contribution < -0.4 is 0 Å². The zero-order chi connectivity index (χ0) is 27.6. The van der Waals surface area contributed by atoms with Crippen molar-refractivity contribution in [1.82, 2.24) is 8.80 Å². The first kappa shape index (κ1) is 21.0. The third-order valence-corrected chi connectivity index (χ3v) is 10.1. The summed E-state index contributed by atoms with van der Waals surface area (Å²) in [5, 5.41) is 15.2. The zero-order valence-corrected chi connectivity index (χ0v) is 22.8. The van der Waals surface area contributed by atoms with E-state index in [1.807, 2.05) is 6.07 Å². The SMILES string of the molecule is c1ccc2c(c1)ccc1c3cccc4c5cc6c7cccc8c9cc%10oc%11ccccc%11c%10cc9n(c6cc5n(c21)c43)c87. The molecular formula is C40H20N2O. The first-order valence-corrected chi connectivity index (χ1v) is 14.9. The number of hydrogen-bond donors (Lipinski definition) is 0. The molecule has 3 nitrogen and oxygen atoms in total. The summed E-state index contributed by atoms with van der Waals surface area (Å²) in [5.41, 5.74) is 9.50. The van der Waals surface area contributed by atoms with Gasteiger partial charge < -0.3 is 13.2 Å². The lowest BCUT2D eigenvalue weighted by atomic mass is 10.0. The second-order valence-electron chi connectivity index (χ2n) is 12.1. The largest absolute Gasteiger partial charge is 0.456 e. The first-order chi connectivity index (χ1) is 21.3. The molecule has 7 aromatic carbocycles. The molecule has 0 aliphatic rings. The first-order valence-electron chi connectivity index (χ1n) is 14.9. The van der Waals surface area contributed by atoms with Gasteiger partial charge in [0, 0.05) is 59.2 Å². The molecule has 0 aliphatic carbocycles. The van der Waals surface area contributed by atoms with Crippen LogP contribution in [-0.4, -0.2) is 8.80 Å². The van der Waals surface area contributed by atoms with Gasteiger partial charge in [0.1, 0.15) is 11.2 Å². The van der Waals surface area contributed by atoms with Crippen LogP contribution in [0, 0.1) is 0 Å². The molecular weight excluding hydrogens is 524 g/mol. The Morgan fingerprint density at radius 3 is 1.70 bits per heavy atom. The van der Waals surface area contributed by atoms with Crippen molar-refractivity contribution in [2.45, 2.75) is 0 Å². The van der Waals surface area contributed by atoms with Gasteiger partial charge in [0.25, 0.3) is 0 Å². The molecule has 0 aliphatic heterocycles. The van der Waals surface area contributed by atoms with E-state index in [1.54, 1.807) is 0 Å². The Morgan fingerprint density at radius 1 is 0.326 bits per heavy atom. The van der Waals surface area contributed by atoms with Crippen LogP contribution in [0.1, 0.15) is 0 Å². The van der Waals surface area contributed by atoms with Gasteiger partial charge in [-0.15, -0.1) is 0 Å². The minimum atomic E-state index is 0.934. The maximum Gasteiger partial charge on any atom is 0.136 e. The number of nitrogens with zero attached hydrogens (tertiary/aromatic N) is 2. The molecule has 0 unspecified atom stereocenters. The normalized spacial score (nSPS) is 13.1. The summed E-state index contributed by atoms with van der Waals surface area (Å²) in [4.78, 5) is 0. The standard InChI is InChI=1S/C40H20N2O/c1-2-8-22-21(7-1)15-16-28-24-10-5-12-26-30-17-29-25-11-6-13-27-31-19-37-32(23-9-3-4-14-36(23)43-37)18-33(31)41(39(25)27)34(29)20-35(30)42(38(22)28)40(24)26/h1-20H. The van der Waals surface area contributed by atoms with Gasteiger partial charge >= 0.3 is 0 Å². The smallest absolute Gasteiger partial charge is 0.136 e. The zero-order valence-electron chi connectivity index (χ0n) is 22.8. The van der Waals surface area contributed by atoms with Crippen LogP contribution in [0.5, 0.6) is 0 Å². The van der Waals surface area contributed by atoms with Crippen molar-refractivity contribution in [2.75, 3.05) is 0 Å². The van der Waals surface area contributed by atoms with Crippen molar-refractivity contribution in [3.05, 3.63) is 121 Å². The van der Waals surface area contributed by atoms with Crippen LogP contribution in [0.15, 0.2) is 126 Å². The van der Waals surface area contributed by atoms with Crippen LogP contribution in [0.4, 0.5) is 0 Å². The fourth-order valence-electron chi connectivity index (χ4n) is 8.41. The second kappa shape index (κ2) is 6.80. The Kier molecular flexibility index (Phi) is 3.32. The summed E-state index contributed by atoms with van der Waals surface area (Å²) in [7, 11) is 0. The number of para-hydroxylation sites is 3. The number of rotatable bonds is 0. The van der Waals surface area contributed by atoms with E-state index in [9.17, 15) is 0 Å². The Hall–Kier alpha value is -5.80. The maximum atomic E-state index is 6.32. The highest BCUT2D eigenvalue weighted by Crippen LogP contribution is 2.46. The summed E-state index contributed by atoms with van der Waals surface area (Å²) in [5.74, 6) is 0. The predicted octanol–water partition coefficient (Wildman–Crippen LogP) is 11.0. The molecule has 0 radical (unpaired) electrons. The monoisotopic (exact) mass is 544 g/mol. The lowest BCUT2D eigenvalue weighted by molar-refractivity contribution is 0.669. The number of hydrogen-bond acceptors (Lipinski definition) is 1. The topological polar surface area (TPSA) is 22.0 Å². The number of benzene rings is 7. The lowest BCUT2D eigenvalue weighted by Crippen LogP contribution is -1.85. The third-order valence-electron chi connectivity index (χ3n) is 10.1. The van der Waals surface area contributed by atoms with Gasteiger partial charge in [-0.2, -0.15) is 0 Å². The minimum absolute atomic E-state index is 0.934. The summed E-state index contributed by atoms with van der Waals surface area (Å²) >= 11 is 0. The van der Waals surface area contributed by atoms with Crippen molar-refractivity contribution < 1.29 is 4.42 Å². The molecule has 0 saturated heterocycles. The van der Waals surface area contributed by atoms with Gasteiger partial charge in [-0.25, -0.2) is 0 Å². The van der Waals surface area contributed by atoms with E-state index >= 15 is 0 Å². The highest BCUT2D eigenvalue weighted by Gasteiger charge is 2.23. The molecule has 0 amide bonds. The molecule has 0 bridgehead atoms. The molecule has 0 atom stereocenters. The van der Waals surface area contributed by atoms with Gasteiger partial charge in [0.15, 0.2) is 0 Å². The molecule has 0 spiro atoms. The summed E-state index contributed by atoms with van der Waals surface area (Å²) in [6.45, 7) is 0. The number of aromatic nitrogens is 2. The van der Waals surface area contributed by atoms with E-state index < -0.39 is 0 Å². The predicted molar refractivity (Wildman–Crippen MR) is 181 cm³/mol. The molecule has 0 N–H and O–H groups in total. The van der Waals surface area contributed by atoms with Crippen LogP contribution in [-0.2, 0) is 0 Å². The molecule has 196 valence electrons. The minimum Gasteiger partial charge on any atom is -0.456 e. The van der Waals surface area contributed by atoms with E-state index in [4.69, 9.17) is 4.42 Å². The average Bonchev–Trinajstić information content (AvgIpc) is 3.83. The summed E-state index contributed by atoms with van der Waals surface area (Å²) in [6.07, 6.45) is 0. The highest BCUT2D eigenvalue weighted by atomic mass is 16.3. The van der Waals surface area contributed by atoms with E-state index in [1.165, 1.54) is 87.0 Å². The van der Waals surface area contributed by atoms with Crippen LogP contribution in [0.2, 0.25) is 0 Å². The van der Waals surface area contributed by atoms with Gasteiger partial charge in [0.05, 0.1) is 33.1 Å². The maximum absolute atomic E-state index is 6.32. The molecule has 0 fully saturated rings.